The molecule has 6 rings (SSSR count). The van der Waals surface area contributed by atoms with Crippen LogP contribution in [0.5, 0.6) is 0 Å². The van der Waals surface area contributed by atoms with Crippen molar-refractivity contribution in [3.05, 3.63) is 47.2 Å². The minimum Gasteiger partial charge on any atom is -0.376 e. The van der Waals surface area contributed by atoms with Crippen LogP contribution in [0.2, 0.25) is 0 Å². The summed E-state index contributed by atoms with van der Waals surface area (Å²) < 4.78 is 7.28. The fourth-order valence-electron chi connectivity index (χ4n) is 5.21. The molecule has 0 bridgehead atoms. The Labute approximate surface area is 224 Å². The predicted molar refractivity (Wildman–Crippen MR) is 144 cm³/mol. The topological polar surface area (TPSA) is 130 Å². The molecule has 11 heteroatoms. The Morgan fingerprint density at radius 1 is 1.18 bits per heavy atom. The van der Waals surface area contributed by atoms with Gasteiger partial charge in [-0.2, -0.15) is 10.4 Å². The van der Waals surface area contributed by atoms with E-state index in [0.717, 1.165) is 63.9 Å². The van der Waals surface area contributed by atoms with Crippen LogP contribution in [0.1, 0.15) is 56.0 Å². The average molecular weight is 529 g/mol. The first kappa shape index (κ1) is 24.5. The van der Waals surface area contributed by atoms with Gasteiger partial charge >= 0.3 is 0 Å². The highest BCUT2D eigenvalue weighted by molar-refractivity contribution is 7.14. The molecular weight excluding hydrogens is 500 g/mol. The smallest absolute Gasteiger partial charge is 0.217 e. The summed E-state index contributed by atoms with van der Waals surface area (Å²) in [6, 6.07) is 10.1. The number of pyridine rings is 1. The Morgan fingerprint density at radius 3 is 2.71 bits per heavy atom. The lowest BCUT2D eigenvalue weighted by Crippen LogP contribution is -2.53. The molecule has 2 N–H and O–H groups in total. The van der Waals surface area contributed by atoms with Gasteiger partial charge in [0.1, 0.15) is 11.1 Å². The molecular formula is C27H28N8O2S. The molecule has 5 heterocycles. The van der Waals surface area contributed by atoms with E-state index in [1.807, 2.05) is 30.5 Å². The van der Waals surface area contributed by atoms with Crippen LogP contribution in [0.15, 0.2) is 36.7 Å². The summed E-state index contributed by atoms with van der Waals surface area (Å²) in [5, 5.41) is 31.3. The monoisotopic (exact) mass is 528 g/mol. The Hall–Kier alpha value is -3.88. The van der Waals surface area contributed by atoms with E-state index in [0.29, 0.717) is 24.7 Å². The predicted octanol–water partition coefficient (Wildman–Crippen LogP) is 4.15. The molecule has 1 amide bonds. The highest BCUT2D eigenvalue weighted by Gasteiger charge is 2.34. The number of hydrogen-bond acceptors (Lipinski definition) is 9. The first-order valence-electron chi connectivity index (χ1n) is 12.8. The molecule has 38 heavy (non-hydrogen) atoms. The number of ether oxygens (including phenoxy) is 1. The molecule has 194 valence electrons. The number of aromatic nitrogens is 5. The van der Waals surface area contributed by atoms with Crippen molar-refractivity contribution in [2.75, 3.05) is 18.5 Å². The maximum absolute atomic E-state index is 11.4. The molecule has 10 nitrogen and oxygen atoms in total. The van der Waals surface area contributed by atoms with E-state index in [1.165, 1.54) is 0 Å². The number of carbonyl (C=O) groups excluding carboxylic acids is 1. The van der Waals surface area contributed by atoms with Crippen molar-refractivity contribution in [2.45, 2.75) is 57.0 Å². The quantitative estimate of drug-likeness (QED) is 0.382. The Kier molecular flexibility index (Phi) is 6.29. The van der Waals surface area contributed by atoms with Gasteiger partial charge < -0.3 is 15.4 Å². The zero-order valence-electron chi connectivity index (χ0n) is 21.3. The van der Waals surface area contributed by atoms with Crippen molar-refractivity contribution < 1.29 is 9.53 Å². The Morgan fingerprint density at radius 2 is 2.00 bits per heavy atom. The second-order valence-electron chi connectivity index (χ2n) is 10.4. The largest absolute Gasteiger partial charge is 0.376 e. The van der Waals surface area contributed by atoms with Gasteiger partial charge in [0.25, 0.3) is 0 Å². The van der Waals surface area contributed by atoms with Gasteiger partial charge in [-0.25, -0.2) is 4.52 Å². The van der Waals surface area contributed by atoms with Crippen LogP contribution < -0.4 is 10.6 Å². The van der Waals surface area contributed by atoms with Gasteiger partial charge in [0, 0.05) is 30.8 Å². The lowest BCUT2D eigenvalue weighted by molar-refractivity contribution is -0.119. The maximum atomic E-state index is 11.4. The zero-order chi connectivity index (χ0) is 26.3. The molecule has 1 saturated heterocycles. The van der Waals surface area contributed by atoms with Crippen LogP contribution in [0, 0.1) is 11.3 Å². The van der Waals surface area contributed by atoms with Crippen LogP contribution in [-0.4, -0.2) is 55.5 Å². The maximum Gasteiger partial charge on any atom is 0.217 e. The number of nitrogens with one attached hydrogen (secondary N) is 2. The molecule has 0 unspecified atom stereocenters. The van der Waals surface area contributed by atoms with Gasteiger partial charge in [-0.05, 0) is 56.9 Å². The highest BCUT2D eigenvalue weighted by atomic mass is 32.1. The molecule has 0 spiro atoms. The van der Waals surface area contributed by atoms with E-state index < -0.39 is 0 Å². The fourth-order valence-corrected chi connectivity index (χ4v) is 6.25. The fraction of sp³-hybridized carbons (Fsp3) is 0.407. The lowest BCUT2D eigenvalue weighted by Gasteiger charge is -2.40. The van der Waals surface area contributed by atoms with Crippen molar-refractivity contribution in [1.29, 1.82) is 5.26 Å². The SMILES string of the molecule is CC(=O)N[C@H]1CC[C@H](c2nnc(-c3cnc(-c4ccc5cc(C#N)cnn45)cc3NC3(C)COC3)s2)CC1. The van der Waals surface area contributed by atoms with E-state index in [4.69, 9.17) is 9.72 Å². The van der Waals surface area contributed by atoms with Crippen molar-refractivity contribution in [3.8, 4) is 28.0 Å². The summed E-state index contributed by atoms with van der Waals surface area (Å²) in [6.45, 7) is 4.95. The number of nitrogens with zero attached hydrogens (tertiary/aromatic N) is 6. The van der Waals surface area contributed by atoms with E-state index in [1.54, 1.807) is 29.0 Å². The van der Waals surface area contributed by atoms with Gasteiger partial charge in [0.2, 0.25) is 5.91 Å². The number of nitriles is 1. The Bertz CT molecular complexity index is 1540. The zero-order valence-corrected chi connectivity index (χ0v) is 22.1. The van der Waals surface area contributed by atoms with Crippen LogP contribution in [0.4, 0.5) is 5.69 Å². The molecule has 0 radical (unpaired) electrons. The second-order valence-corrected chi connectivity index (χ2v) is 11.4. The summed E-state index contributed by atoms with van der Waals surface area (Å²) in [4.78, 5) is 16.2. The Balaban J connectivity index is 1.30. The van der Waals surface area contributed by atoms with Gasteiger partial charge in [-0.15, -0.1) is 10.2 Å². The minimum atomic E-state index is -0.176. The van der Waals surface area contributed by atoms with Crippen LogP contribution >= 0.6 is 11.3 Å². The van der Waals surface area contributed by atoms with E-state index in [2.05, 4.69) is 38.9 Å². The van der Waals surface area contributed by atoms with Gasteiger partial charge in [-0.1, -0.05) is 11.3 Å². The van der Waals surface area contributed by atoms with E-state index in [-0.39, 0.29) is 17.5 Å². The summed E-state index contributed by atoms with van der Waals surface area (Å²) in [5.41, 5.74) is 4.59. The van der Waals surface area contributed by atoms with E-state index >= 15 is 0 Å². The normalized spacial score (nSPS) is 20.4. The average Bonchev–Trinajstić information content (AvgIpc) is 3.55. The van der Waals surface area contributed by atoms with Crippen molar-refractivity contribution in [1.82, 2.24) is 30.1 Å². The summed E-state index contributed by atoms with van der Waals surface area (Å²) in [7, 11) is 0. The van der Waals surface area contributed by atoms with E-state index in [9.17, 15) is 10.1 Å². The van der Waals surface area contributed by atoms with Crippen LogP contribution in [0.3, 0.4) is 0 Å². The van der Waals surface area contributed by atoms with Crippen molar-refractivity contribution in [2.24, 2.45) is 0 Å². The molecule has 4 aromatic rings. The van der Waals surface area contributed by atoms with Crippen molar-refractivity contribution in [3.63, 3.8) is 0 Å². The summed E-state index contributed by atoms with van der Waals surface area (Å²) in [5.74, 6) is 0.382. The number of carbonyl (C=O) groups is 1. The summed E-state index contributed by atoms with van der Waals surface area (Å²) >= 11 is 1.61. The number of rotatable bonds is 6. The second kappa shape index (κ2) is 9.78. The van der Waals surface area contributed by atoms with Gasteiger partial charge in [0.15, 0.2) is 5.01 Å². The van der Waals surface area contributed by atoms with Crippen molar-refractivity contribution >= 4 is 28.4 Å². The minimum absolute atomic E-state index is 0.0315. The number of amides is 1. The molecule has 0 atom stereocenters. The third-order valence-corrected chi connectivity index (χ3v) is 8.35. The van der Waals surface area contributed by atoms with Gasteiger partial charge in [0.05, 0.1) is 53.0 Å². The van der Waals surface area contributed by atoms with Gasteiger partial charge in [-0.3, -0.25) is 9.78 Å². The van der Waals surface area contributed by atoms with Crippen LogP contribution in [0.25, 0.3) is 27.5 Å². The number of hydrogen-bond donors (Lipinski definition) is 2. The first-order valence-corrected chi connectivity index (χ1v) is 13.6. The molecule has 1 aliphatic heterocycles. The number of fused-ring (bicyclic) bond motifs is 1. The third-order valence-electron chi connectivity index (χ3n) is 7.23. The number of anilines is 1. The molecule has 1 aliphatic carbocycles. The molecule has 4 aromatic heterocycles. The lowest BCUT2D eigenvalue weighted by atomic mass is 9.86. The molecule has 1 saturated carbocycles. The first-order chi connectivity index (χ1) is 18.4. The third kappa shape index (κ3) is 4.73. The standard InChI is InChI=1S/C27H28N8O2S/c1-16(36)31-19-5-3-18(4-6-19)25-33-34-26(38-25)21-13-29-23(10-22(21)32-27(2)14-37-15-27)24-8-7-20-9-17(11-28)12-30-35(20)24/h7-10,12-13,18-19H,3-6,14-15H2,1-2H3,(H,29,32)(H,31,36)/t18-,19-. The highest BCUT2D eigenvalue weighted by Crippen LogP contribution is 2.40. The molecule has 0 aromatic carbocycles. The molecule has 2 aliphatic rings. The molecule has 2 fully saturated rings. The van der Waals surface area contributed by atoms with Crippen LogP contribution in [-0.2, 0) is 9.53 Å². The summed E-state index contributed by atoms with van der Waals surface area (Å²) in [6.07, 6.45) is 7.29.